The number of aromatic hydroxyl groups is 1. The number of aryl methyl sites for hydroxylation is 1. The van der Waals surface area contributed by atoms with E-state index in [4.69, 9.17) is 4.74 Å². The predicted molar refractivity (Wildman–Crippen MR) is 147 cm³/mol. The van der Waals surface area contributed by atoms with Crippen molar-refractivity contribution in [3.63, 3.8) is 0 Å². The fraction of sp³-hybridized carbons (Fsp3) is 0.467. The Labute approximate surface area is 214 Å². The van der Waals surface area contributed by atoms with Crippen molar-refractivity contribution < 1.29 is 14.6 Å². The Balaban J connectivity index is 1.85. The first-order chi connectivity index (χ1) is 17.6. The van der Waals surface area contributed by atoms with Gasteiger partial charge in [-0.3, -0.25) is 9.59 Å². The first-order valence-electron chi connectivity index (χ1n) is 13.5. The fourth-order valence-corrected chi connectivity index (χ4v) is 4.39. The van der Waals surface area contributed by atoms with E-state index in [1.807, 2.05) is 18.2 Å². The molecule has 2 aromatic carbocycles. The minimum absolute atomic E-state index is 0.0209. The molecule has 0 saturated carbocycles. The molecule has 1 heterocycles. The van der Waals surface area contributed by atoms with E-state index in [1.54, 1.807) is 34.9 Å². The smallest absolute Gasteiger partial charge is 0.297 e. The van der Waals surface area contributed by atoms with Crippen LogP contribution in [-0.4, -0.2) is 22.2 Å². The van der Waals surface area contributed by atoms with E-state index < -0.39 is 0 Å². The van der Waals surface area contributed by atoms with E-state index >= 15 is 0 Å². The van der Waals surface area contributed by atoms with Crippen LogP contribution in [0.5, 0.6) is 11.5 Å². The molecule has 0 spiro atoms. The molecular weight excluding hydrogens is 452 g/mol. The van der Waals surface area contributed by atoms with Crippen LogP contribution in [-0.2, 0) is 6.54 Å². The maximum atomic E-state index is 13.4. The fourth-order valence-electron chi connectivity index (χ4n) is 4.39. The summed E-state index contributed by atoms with van der Waals surface area (Å²) < 4.78 is 7.53. The molecule has 3 rings (SSSR count). The average molecular weight is 493 g/mol. The number of unbranched alkanes of at least 4 members (excludes halogenated alkanes) is 8. The number of rotatable bonds is 15. The van der Waals surface area contributed by atoms with Gasteiger partial charge in [0.05, 0.1) is 12.1 Å². The van der Waals surface area contributed by atoms with Crippen LogP contribution in [0.2, 0.25) is 0 Å². The number of carbonyl (C=O) groups is 1. The van der Waals surface area contributed by atoms with Crippen molar-refractivity contribution in [2.45, 2.75) is 84.6 Å². The maximum Gasteiger partial charge on any atom is 0.297 e. The quantitative estimate of drug-likeness (QED) is 0.218. The number of aromatic nitrogens is 1. The van der Waals surface area contributed by atoms with Crippen molar-refractivity contribution in [1.82, 2.24) is 4.57 Å². The number of fused-ring (bicyclic) bond motifs is 1. The molecule has 0 saturated heterocycles. The van der Waals surface area contributed by atoms with Crippen molar-refractivity contribution in [2.24, 2.45) is 0 Å². The Morgan fingerprint density at radius 3 is 2.28 bits per heavy atom. The molecule has 0 atom stereocenters. The van der Waals surface area contributed by atoms with Crippen molar-refractivity contribution in [3.05, 3.63) is 64.4 Å². The summed E-state index contributed by atoms with van der Waals surface area (Å²) in [5.41, 5.74) is 1.38. The van der Waals surface area contributed by atoms with Gasteiger partial charge in [0.2, 0.25) is 5.75 Å². The van der Waals surface area contributed by atoms with E-state index in [2.05, 4.69) is 19.2 Å². The third-order valence-corrected chi connectivity index (χ3v) is 6.47. The van der Waals surface area contributed by atoms with Crippen LogP contribution >= 0.6 is 0 Å². The molecule has 6 nitrogen and oxygen atoms in total. The molecule has 3 aromatic rings. The van der Waals surface area contributed by atoms with Gasteiger partial charge >= 0.3 is 0 Å². The zero-order valence-electron chi connectivity index (χ0n) is 21.7. The number of amides is 1. The number of anilines is 1. The Bertz CT molecular complexity index is 1170. The summed E-state index contributed by atoms with van der Waals surface area (Å²) in [4.78, 5) is 26.1. The normalized spacial score (nSPS) is 11.1. The van der Waals surface area contributed by atoms with Crippen LogP contribution in [0.3, 0.4) is 0 Å². The number of nitrogens with zero attached hydrogens (tertiary/aromatic N) is 1. The van der Waals surface area contributed by atoms with Crippen LogP contribution in [0.1, 0.15) is 88.4 Å². The number of pyridine rings is 1. The second-order valence-corrected chi connectivity index (χ2v) is 9.36. The van der Waals surface area contributed by atoms with Gasteiger partial charge in [-0.05, 0) is 43.2 Å². The first kappa shape index (κ1) is 27.3. The molecule has 0 fully saturated rings. The lowest BCUT2D eigenvalue weighted by atomic mass is 10.1. The van der Waals surface area contributed by atoms with Gasteiger partial charge in [0, 0.05) is 23.2 Å². The predicted octanol–water partition coefficient (Wildman–Crippen LogP) is 7.28. The highest BCUT2D eigenvalue weighted by molar-refractivity contribution is 6.05. The lowest BCUT2D eigenvalue weighted by molar-refractivity contribution is 0.102. The van der Waals surface area contributed by atoms with Crippen LogP contribution in [0.15, 0.2) is 53.3 Å². The molecule has 0 bridgehead atoms. The summed E-state index contributed by atoms with van der Waals surface area (Å²) in [5.74, 6) is -0.339. The highest BCUT2D eigenvalue weighted by Gasteiger charge is 2.18. The Morgan fingerprint density at radius 1 is 0.889 bits per heavy atom. The first-order valence-corrected chi connectivity index (χ1v) is 13.5. The molecule has 1 aromatic heterocycles. The van der Waals surface area contributed by atoms with E-state index in [1.165, 1.54) is 19.3 Å². The maximum absolute atomic E-state index is 13.4. The van der Waals surface area contributed by atoms with Crippen LogP contribution in [0, 0.1) is 0 Å². The highest BCUT2D eigenvalue weighted by Crippen LogP contribution is 2.33. The van der Waals surface area contributed by atoms with Crippen molar-refractivity contribution >= 4 is 22.5 Å². The second-order valence-electron chi connectivity index (χ2n) is 9.36. The summed E-state index contributed by atoms with van der Waals surface area (Å²) in [6, 6.07) is 14.2. The summed E-state index contributed by atoms with van der Waals surface area (Å²) >= 11 is 0. The van der Waals surface area contributed by atoms with Gasteiger partial charge in [-0.2, -0.15) is 0 Å². The molecule has 36 heavy (non-hydrogen) atoms. The third-order valence-electron chi connectivity index (χ3n) is 6.47. The molecule has 194 valence electrons. The number of hydrogen-bond acceptors (Lipinski definition) is 4. The van der Waals surface area contributed by atoms with E-state index in [0.29, 0.717) is 35.3 Å². The van der Waals surface area contributed by atoms with E-state index in [0.717, 1.165) is 44.9 Å². The molecular formula is C30H40N2O4. The molecule has 0 aliphatic carbocycles. The monoisotopic (exact) mass is 492 g/mol. The molecule has 6 heteroatoms. The van der Waals surface area contributed by atoms with Crippen molar-refractivity contribution in [2.75, 3.05) is 11.9 Å². The number of carbonyl (C=O) groups excluding carboxylic acids is 1. The van der Waals surface area contributed by atoms with Gasteiger partial charge < -0.3 is 19.7 Å². The van der Waals surface area contributed by atoms with Gasteiger partial charge in [0.1, 0.15) is 0 Å². The van der Waals surface area contributed by atoms with Gasteiger partial charge in [0.25, 0.3) is 11.5 Å². The summed E-state index contributed by atoms with van der Waals surface area (Å²) in [5, 5.41) is 14.4. The summed E-state index contributed by atoms with van der Waals surface area (Å²) in [7, 11) is 0. The minimum Gasteiger partial charge on any atom is -0.504 e. The molecule has 2 N–H and O–H groups in total. The molecule has 1 amide bonds. The van der Waals surface area contributed by atoms with E-state index in [9.17, 15) is 14.7 Å². The number of benzene rings is 2. The standard InChI is InChI=1S/C30H40N2O4/c1-3-5-7-9-10-15-21-36-28-27(33)25-19-18-24(31-29(34)23-16-12-11-13-17-23)22-26(25)32(30(28)35)20-14-8-6-4-2/h11-13,16-19,22,33H,3-10,14-15,20-21H2,1-2H3,(H,31,34). The minimum atomic E-state index is -0.325. The zero-order chi connectivity index (χ0) is 25.8. The van der Waals surface area contributed by atoms with Gasteiger partial charge in [0.15, 0.2) is 5.75 Å². The number of ether oxygens (including phenoxy) is 1. The lowest BCUT2D eigenvalue weighted by Gasteiger charge is -2.17. The van der Waals surface area contributed by atoms with Crippen LogP contribution in [0.25, 0.3) is 10.9 Å². The third kappa shape index (κ3) is 7.36. The van der Waals surface area contributed by atoms with Crippen LogP contribution in [0.4, 0.5) is 5.69 Å². The Kier molecular flexibility index (Phi) is 10.9. The summed E-state index contributed by atoms with van der Waals surface area (Å²) in [6.07, 6.45) is 10.8. The van der Waals surface area contributed by atoms with Crippen LogP contribution < -0.4 is 15.6 Å². The van der Waals surface area contributed by atoms with Crippen molar-refractivity contribution in [1.29, 1.82) is 0 Å². The topological polar surface area (TPSA) is 80.6 Å². The largest absolute Gasteiger partial charge is 0.504 e. The molecule has 0 aliphatic heterocycles. The highest BCUT2D eigenvalue weighted by atomic mass is 16.5. The summed E-state index contributed by atoms with van der Waals surface area (Å²) in [6.45, 7) is 5.28. The Hall–Kier alpha value is -3.28. The second kappa shape index (κ2) is 14.3. The van der Waals surface area contributed by atoms with Gasteiger partial charge in [-0.1, -0.05) is 83.4 Å². The molecule has 0 radical (unpaired) electrons. The lowest BCUT2D eigenvalue weighted by Crippen LogP contribution is -2.23. The van der Waals surface area contributed by atoms with Gasteiger partial charge in [-0.25, -0.2) is 0 Å². The number of hydrogen-bond donors (Lipinski definition) is 2. The average Bonchev–Trinajstić information content (AvgIpc) is 2.89. The molecule has 0 unspecified atom stereocenters. The number of nitrogens with one attached hydrogen (secondary N) is 1. The van der Waals surface area contributed by atoms with Crippen molar-refractivity contribution in [3.8, 4) is 11.5 Å². The Morgan fingerprint density at radius 2 is 1.56 bits per heavy atom. The molecule has 0 aliphatic rings. The SMILES string of the molecule is CCCCCCCCOc1c(O)c2ccc(NC(=O)c3ccccc3)cc2n(CCCCCC)c1=O. The van der Waals surface area contributed by atoms with E-state index in [-0.39, 0.29) is 23.0 Å². The van der Waals surface area contributed by atoms with Gasteiger partial charge in [-0.15, -0.1) is 0 Å². The zero-order valence-corrected chi connectivity index (χ0v) is 21.7.